The molecule has 3 rings (SSSR count). The van der Waals surface area contributed by atoms with Gasteiger partial charge in [0.25, 0.3) is 0 Å². The molecule has 1 heterocycles. The number of amides is 1. The summed E-state index contributed by atoms with van der Waals surface area (Å²) in [7, 11) is -3.39. The van der Waals surface area contributed by atoms with Crippen LogP contribution in [0.4, 0.5) is 0 Å². The molecule has 2 aliphatic carbocycles. The van der Waals surface area contributed by atoms with Gasteiger partial charge in [0.1, 0.15) is 0 Å². The molecule has 1 spiro atoms. The minimum atomic E-state index is -3.39. The second-order valence-corrected chi connectivity index (χ2v) is 8.51. The molecule has 1 amide bonds. The van der Waals surface area contributed by atoms with Crippen LogP contribution in [0.5, 0.6) is 0 Å². The number of hydrogen-bond acceptors (Lipinski definition) is 3. The Kier molecular flexibility index (Phi) is 2.28. The Bertz CT molecular complexity index is 510. The second kappa shape index (κ2) is 3.30. The molecule has 3 atom stereocenters. The third-order valence-electron chi connectivity index (χ3n) is 5.96. The molecule has 0 aromatic carbocycles. The fourth-order valence-electron chi connectivity index (χ4n) is 4.77. The van der Waals surface area contributed by atoms with Crippen LogP contribution in [0, 0.1) is 16.7 Å². The maximum Gasteiger partial charge on any atom is 0.238 e. The predicted octanol–water partition coefficient (Wildman–Crippen LogP) is 1.76. The summed E-state index contributed by atoms with van der Waals surface area (Å²) in [5, 5.41) is 0. The average molecular weight is 271 g/mol. The molecule has 0 unspecified atom stereocenters. The molecule has 1 saturated heterocycles. The summed E-state index contributed by atoms with van der Waals surface area (Å²) in [4.78, 5) is 12.0. The summed E-state index contributed by atoms with van der Waals surface area (Å²) < 4.78 is 25.9. The topological polar surface area (TPSA) is 54.5 Å². The molecule has 102 valence electrons. The summed E-state index contributed by atoms with van der Waals surface area (Å²) >= 11 is 0. The fourth-order valence-corrected chi connectivity index (χ4v) is 7.39. The number of carbonyl (C=O) groups excluding carboxylic acids is 1. The van der Waals surface area contributed by atoms with Crippen molar-refractivity contribution in [2.75, 3.05) is 5.75 Å². The molecule has 0 aromatic rings. The van der Waals surface area contributed by atoms with Crippen LogP contribution >= 0.6 is 0 Å². The third kappa shape index (κ3) is 1.17. The van der Waals surface area contributed by atoms with Gasteiger partial charge in [-0.05, 0) is 30.6 Å². The number of hydrogen-bond donors (Lipinski definition) is 0. The van der Waals surface area contributed by atoms with Crippen LogP contribution in [-0.4, -0.2) is 30.4 Å². The predicted molar refractivity (Wildman–Crippen MR) is 68.3 cm³/mol. The van der Waals surface area contributed by atoms with Gasteiger partial charge < -0.3 is 0 Å². The lowest BCUT2D eigenvalue weighted by atomic mass is 9.69. The van der Waals surface area contributed by atoms with E-state index in [9.17, 15) is 13.2 Å². The van der Waals surface area contributed by atoms with Crippen LogP contribution in [-0.2, 0) is 14.8 Å². The lowest BCUT2D eigenvalue weighted by Gasteiger charge is -2.37. The van der Waals surface area contributed by atoms with Gasteiger partial charge in [-0.15, -0.1) is 0 Å². The Morgan fingerprint density at radius 2 is 2.06 bits per heavy atom. The smallest absolute Gasteiger partial charge is 0.238 e. The van der Waals surface area contributed by atoms with Crippen molar-refractivity contribution in [3.8, 4) is 0 Å². The molecule has 3 fully saturated rings. The van der Waals surface area contributed by atoms with Gasteiger partial charge in [0.2, 0.25) is 15.9 Å². The van der Waals surface area contributed by atoms with E-state index in [0.717, 1.165) is 19.3 Å². The second-order valence-electron chi connectivity index (χ2n) is 6.66. The van der Waals surface area contributed by atoms with Crippen LogP contribution in [0.25, 0.3) is 0 Å². The molecule has 0 radical (unpaired) electrons. The maximum absolute atomic E-state index is 12.4. The summed E-state index contributed by atoms with van der Waals surface area (Å²) in [6, 6.07) is -0.0660. The zero-order valence-electron chi connectivity index (χ0n) is 11.3. The molecule has 5 heteroatoms. The van der Waals surface area contributed by atoms with E-state index in [1.54, 1.807) is 6.92 Å². The Hall–Kier alpha value is -0.580. The summed E-state index contributed by atoms with van der Waals surface area (Å²) in [5.74, 6) is 0.533. The van der Waals surface area contributed by atoms with Crippen molar-refractivity contribution < 1.29 is 13.2 Å². The van der Waals surface area contributed by atoms with Crippen molar-refractivity contribution in [1.29, 1.82) is 0 Å². The Balaban J connectivity index is 2.11. The lowest BCUT2D eigenvalue weighted by molar-refractivity contribution is -0.128. The van der Waals surface area contributed by atoms with Crippen molar-refractivity contribution in [3.05, 3.63) is 0 Å². The summed E-state index contributed by atoms with van der Waals surface area (Å²) in [6.07, 6.45) is 3.23. The largest absolute Gasteiger partial charge is 0.274 e. The van der Waals surface area contributed by atoms with E-state index in [1.807, 2.05) is 0 Å². The van der Waals surface area contributed by atoms with Crippen molar-refractivity contribution in [2.24, 2.45) is 16.7 Å². The highest BCUT2D eigenvalue weighted by Crippen LogP contribution is 2.69. The first kappa shape index (κ1) is 12.5. The number of fused-ring (bicyclic) bond motifs is 1. The lowest BCUT2D eigenvalue weighted by Crippen LogP contribution is -2.43. The highest BCUT2D eigenvalue weighted by atomic mass is 32.2. The van der Waals surface area contributed by atoms with Gasteiger partial charge in [0, 0.05) is 11.8 Å². The van der Waals surface area contributed by atoms with E-state index in [-0.39, 0.29) is 35.0 Å². The van der Waals surface area contributed by atoms with Crippen molar-refractivity contribution in [2.45, 2.75) is 52.5 Å². The molecule has 2 bridgehead atoms. The SMILES string of the molecule is CCC(=O)N1[C@H]2C[C@@H]3CC[C@]2(CS1(=O)=O)C3(C)C. The van der Waals surface area contributed by atoms with E-state index in [4.69, 9.17) is 0 Å². The normalized spacial score (nSPS) is 43.2. The highest BCUT2D eigenvalue weighted by Gasteiger charge is 2.72. The van der Waals surface area contributed by atoms with Gasteiger partial charge in [0.15, 0.2) is 0 Å². The Labute approximate surface area is 109 Å². The molecule has 3 aliphatic rings. The van der Waals surface area contributed by atoms with Gasteiger partial charge in [-0.1, -0.05) is 20.8 Å². The van der Waals surface area contributed by atoms with E-state index < -0.39 is 10.0 Å². The van der Waals surface area contributed by atoms with E-state index in [1.165, 1.54) is 4.31 Å². The van der Waals surface area contributed by atoms with E-state index in [0.29, 0.717) is 5.92 Å². The van der Waals surface area contributed by atoms with Crippen molar-refractivity contribution >= 4 is 15.9 Å². The van der Waals surface area contributed by atoms with Crippen LogP contribution < -0.4 is 0 Å². The molecule has 1 aliphatic heterocycles. The highest BCUT2D eigenvalue weighted by molar-refractivity contribution is 7.90. The van der Waals surface area contributed by atoms with Gasteiger partial charge in [0.05, 0.1) is 11.8 Å². The molecule has 0 N–H and O–H groups in total. The fraction of sp³-hybridized carbons (Fsp3) is 0.923. The van der Waals surface area contributed by atoms with Crippen LogP contribution in [0.2, 0.25) is 0 Å². The molecule has 18 heavy (non-hydrogen) atoms. The monoisotopic (exact) mass is 271 g/mol. The maximum atomic E-state index is 12.4. The quantitative estimate of drug-likeness (QED) is 0.730. The minimum absolute atomic E-state index is 0.0491. The minimum Gasteiger partial charge on any atom is -0.274 e. The molecular weight excluding hydrogens is 250 g/mol. The van der Waals surface area contributed by atoms with Crippen LogP contribution in [0.1, 0.15) is 46.5 Å². The van der Waals surface area contributed by atoms with E-state index >= 15 is 0 Å². The molecule has 0 aromatic heterocycles. The average Bonchev–Trinajstić information content (AvgIpc) is 2.74. The Morgan fingerprint density at radius 3 is 2.61 bits per heavy atom. The number of sulfonamides is 1. The van der Waals surface area contributed by atoms with Gasteiger partial charge >= 0.3 is 0 Å². The zero-order chi connectivity index (χ0) is 13.3. The molecular formula is C13H21NO3S. The standard InChI is InChI=1S/C13H21NO3S/c1-4-11(15)14-10-7-9-5-6-13(10,12(9,2)3)8-18(14,16)17/h9-10H,4-8H2,1-3H3/t9-,10-,13+/m0/s1. The number of nitrogens with zero attached hydrogens (tertiary/aromatic N) is 1. The van der Waals surface area contributed by atoms with Gasteiger partial charge in [-0.2, -0.15) is 0 Å². The number of carbonyl (C=O) groups is 1. The van der Waals surface area contributed by atoms with E-state index in [2.05, 4.69) is 13.8 Å². The van der Waals surface area contributed by atoms with Crippen molar-refractivity contribution in [1.82, 2.24) is 4.31 Å². The molecule has 2 saturated carbocycles. The third-order valence-corrected chi connectivity index (χ3v) is 7.90. The number of rotatable bonds is 1. The van der Waals surface area contributed by atoms with Crippen LogP contribution in [0.3, 0.4) is 0 Å². The Morgan fingerprint density at radius 1 is 1.39 bits per heavy atom. The zero-order valence-corrected chi connectivity index (χ0v) is 12.1. The molecule has 4 nitrogen and oxygen atoms in total. The first-order valence-corrected chi connectivity index (χ1v) is 8.42. The summed E-state index contributed by atoms with van der Waals surface area (Å²) in [6.45, 7) is 6.13. The first-order chi connectivity index (χ1) is 8.26. The summed E-state index contributed by atoms with van der Waals surface area (Å²) in [5.41, 5.74) is -0.130. The van der Waals surface area contributed by atoms with Crippen LogP contribution in [0.15, 0.2) is 0 Å². The van der Waals surface area contributed by atoms with Gasteiger partial charge in [-0.25, -0.2) is 12.7 Å². The van der Waals surface area contributed by atoms with Crippen molar-refractivity contribution in [3.63, 3.8) is 0 Å². The first-order valence-electron chi connectivity index (χ1n) is 6.81. The van der Waals surface area contributed by atoms with Gasteiger partial charge in [-0.3, -0.25) is 4.79 Å².